The number of hydrogen-bond donors (Lipinski definition) is 1. The zero-order chi connectivity index (χ0) is 14.7. The fourth-order valence-electron chi connectivity index (χ4n) is 2.21. The van der Waals surface area contributed by atoms with E-state index in [4.69, 9.17) is 5.11 Å². The van der Waals surface area contributed by atoms with Crippen LogP contribution >= 0.6 is 11.3 Å². The second kappa shape index (κ2) is 7.33. The van der Waals surface area contributed by atoms with Gasteiger partial charge < -0.3 is 22.1 Å². The fourth-order valence-corrected chi connectivity index (χ4v) is 3.27. The number of carbonyl (C=O) groups is 1. The molecule has 22 heavy (non-hydrogen) atoms. The number of fused-ring (bicyclic) bond motifs is 1. The molecule has 2 aromatic carbocycles. The molecule has 0 fully saturated rings. The van der Waals surface area contributed by atoms with Crippen LogP contribution in [-0.2, 0) is 11.3 Å². The lowest BCUT2D eigenvalue weighted by molar-refractivity contribution is -0.657. The number of rotatable bonds is 4. The van der Waals surface area contributed by atoms with Gasteiger partial charge in [-0.3, -0.25) is 0 Å². The molecular weight excluding hydrogens is 362 g/mol. The SMILES string of the molecule is O=C(O)C[n+]1c(/C=C/c2ccccc2)sc2ccccc21.[Br-]. The highest BCUT2D eigenvalue weighted by Crippen LogP contribution is 2.21. The number of hydrogen-bond acceptors (Lipinski definition) is 2. The van der Waals surface area contributed by atoms with Crippen LogP contribution in [0.4, 0.5) is 0 Å². The summed E-state index contributed by atoms with van der Waals surface area (Å²) < 4.78 is 2.92. The smallest absolute Gasteiger partial charge is 0.370 e. The third kappa shape index (κ3) is 3.61. The second-order valence-corrected chi connectivity index (χ2v) is 5.69. The maximum absolute atomic E-state index is 11.1. The summed E-state index contributed by atoms with van der Waals surface area (Å²) in [6, 6.07) is 17.8. The Morgan fingerprint density at radius 2 is 1.73 bits per heavy atom. The maximum Gasteiger partial charge on any atom is 0.370 e. The van der Waals surface area contributed by atoms with E-state index in [1.807, 2.05) is 71.3 Å². The van der Waals surface area contributed by atoms with Crippen LogP contribution in [0.5, 0.6) is 0 Å². The molecule has 0 radical (unpaired) electrons. The lowest BCUT2D eigenvalue weighted by Gasteiger charge is -1.93. The number of carboxylic acids is 1. The van der Waals surface area contributed by atoms with Crippen molar-refractivity contribution >= 4 is 39.7 Å². The molecule has 1 aromatic heterocycles. The highest BCUT2D eigenvalue weighted by molar-refractivity contribution is 7.18. The molecule has 0 amide bonds. The van der Waals surface area contributed by atoms with Crippen molar-refractivity contribution in [3.63, 3.8) is 0 Å². The Morgan fingerprint density at radius 3 is 2.45 bits per heavy atom. The number of aliphatic carboxylic acids is 1. The van der Waals surface area contributed by atoms with Gasteiger partial charge in [-0.05, 0) is 17.7 Å². The third-order valence-corrected chi connectivity index (χ3v) is 4.28. The molecule has 0 bridgehead atoms. The quantitative estimate of drug-likeness (QED) is 0.672. The van der Waals surface area contributed by atoms with Gasteiger partial charge in [0.05, 0.1) is 0 Å². The van der Waals surface area contributed by atoms with Crippen molar-refractivity contribution in [2.45, 2.75) is 6.54 Å². The van der Waals surface area contributed by atoms with Gasteiger partial charge in [0.2, 0.25) is 12.1 Å². The summed E-state index contributed by atoms with van der Waals surface area (Å²) >= 11 is 1.60. The minimum absolute atomic E-state index is 0. The summed E-state index contributed by atoms with van der Waals surface area (Å²) in [7, 11) is 0. The van der Waals surface area contributed by atoms with Gasteiger partial charge in [0.25, 0.3) is 5.01 Å². The Bertz CT molecular complexity index is 812. The lowest BCUT2D eigenvalue weighted by atomic mass is 10.2. The number of aromatic nitrogens is 1. The molecule has 0 saturated carbocycles. The molecule has 112 valence electrons. The lowest BCUT2D eigenvalue weighted by Crippen LogP contribution is -3.00. The zero-order valence-corrected chi connectivity index (χ0v) is 14.0. The third-order valence-electron chi connectivity index (χ3n) is 3.15. The molecule has 0 saturated heterocycles. The fraction of sp³-hybridized carbons (Fsp3) is 0.0588. The minimum atomic E-state index is -0.835. The first kappa shape index (κ1) is 16.4. The topological polar surface area (TPSA) is 41.2 Å². The second-order valence-electron chi connectivity index (χ2n) is 4.63. The highest BCUT2D eigenvalue weighted by Gasteiger charge is 2.20. The van der Waals surface area contributed by atoms with E-state index in [-0.39, 0.29) is 23.5 Å². The van der Waals surface area contributed by atoms with E-state index in [9.17, 15) is 4.79 Å². The minimum Gasteiger partial charge on any atom is -1.00 e. The van der Waals surface area contributed by atoms with E-state index in [2.05, 4.69) is 0 Å². The first-order valence-corrected chi connectivity index (χ1v) is 7.42. The van der Waals surface area contributed by atoms with Crippen molar-refractivity contribution in [3.05, 3.63) is 65.2 Å². The van der Waals surface area contributed by atoms with E-state index in [0.29, 0.717) is 0 Å². The number of nitrogens with zero attached hydrogens (tertiary/aromatic N) is 1. The van der Waals surface area contributed by atoms with Crippen LogP contribution in [0, 0.1) is 0 Å². The van der Waals surface area contributed by atoms with Gasteiger partial charge in [-0.15, -0.1) is 0 Å². The van der Waals surface area contributed by atoms with Gasteiger partial charge in [0.1, 0.15) is 4.70 Å². The number of thiazole rings is 1. The van der Waals surface area contributed by atoms with Crippen molar-refractivity contribution in [2.75, 3.05) is 0 Å². The van der Waals surface area contributed by atoms with Crippen molar-refractivity contribution in [3.8, 4) is 0 Å². The standard InChI is InChI=1S/C17H13NO2S.BrH/c19-17(20)12-18-14-8-4-5-9-15(14)21-16(18)11-10-13-6-2-1-3-7-13;/h1-11H,12H2;1H/b11-10+;. The molecule has 0 aliphatic heterocycles. The van der Waals surface area contributed by atoms with Crippen molar-refractivity contribution < 1.29 is 31.4 Å². The summed E-state index contributed by atoms with van der Waals surface area (Å²) in [6.45, 7) is -0.0293. The Kier molecular flexibility index (Phi) is 5.46. The number of benzene rings is 2. The monoisotopic (exact) mass is 375 g/mol. The summed E-state index contributed by atoms with van der Waals surface area (Å²) in [5.74, 6) is -0.835. The van der Waals surface area contributed by atoms with Crippen LogP contribution in [0.3, 0.4) is 0 Å². The molecule has 3 rings (SSSR count). The van der Waals surface area contributed by atoms with Gasteiger partial charge in [0.15, 0.2) is 0 Å². The average Bonchev–Trinajstić information content (AvgIpc) is 2.84. The first-order valence-electron chi connectivity index (χ1n) is 6.60. The van der Waals surface area contributed by atoms with Crippen LogP contribution in [0.25, 0.3) is 22.4 Å². The van der Waals surface area contributed by atoms with Crippen LogP contribution in [0.2, 0.25) is 0 Å². The number of para-hydroxylation sites is 1. The molecule has 0 aliphatic rings. The van der Waals surface area contributed by atoms with E-state index in [0.717, 1.165) is 20.8 Å². The van der Waals surface area contributed by atoms with Crippen molar-refractivity contribution in [1.82, 2.24) is 0 Å². The van der Waals surface area contributed by atoms with E-state index < -0.39 is 5.97 Å². The molecule has 1 heterocycles. The van der Waals surface area contributed by atoms with Gasteiger partial charge in [-0.2, -0.15) is 4.57 Å². The Hall–Kier alpha value is -1.98. The Balaban J connectivity index is 0.00000176. The normalized spacial score (nSPS) is 10.7. The summed E-state index contributed by atoms with van der Waals surface area (Å²) in [5.41, 5.74) is 2.05. The number of carboxylic acid groups (broad SMARTS) is 1. The van der Waals surface area contributed by atoms with Crippen LogP contribution in [0.15, 0.2) is 54.6 Å². The molecule has 0 aliphatic carbocycles. The average molecular weight is 376 g/mol. The Morgan fingerprint density at radius 1 is 1.05 bits per heavy atom. The molecular formula is C17H14BrNO2S. The highest BCUT2D eigenvalue weighted by atomic mass is 79.9. The molecule has 3 aromatic rings. The van der Waals surface area contributed by atoms with Crippen molar-refractivity contribution in [1.29, 1.82) is 0 Å². The van der Waals surface area contributed by atoms with Crippen LogP contribution < -0.4 is 21.5 Å². The molecule has 1 N–H and O–H groups in total. The van der Waals surface area contributed by atoms with Gasteiger partial charge in [-0.1, -0.05) is 53.8 Å². The Labute approximate surface area is 142 Å². The molecule has 0 atom stereocenters. The number of halogens is 1. The molecule has 3 nitrogen and oxygen atoms in total. The van der Waals surface area contributed by atoms with E-state index in [1.54, 1.807) is 11.3 Å². The molecule has 5 heteroatoms. The van der Waals surface area contributed by atoms with Gasteiger partial charge in [0, 0.05) is 12.1 Å². The summed E-state index contributed by atoms with van der Waals surface area (Å²) in [4.78, 5) is 11.1. The predicted octanol–water partition coefficient (Wildman–Crippen LogP) is 0.448. The van der Waals surface area contributed by atoms with E-state index >= 15 is 0 Å². The summed E-state index contributed by atoms with van der Waals surface area (Å²) in [6.07, 6.45) is 3.98. The zero-order valence-electron chi connectivity index (χ0n) is 11.6. The maximum atomic E-state index is 11.1. The van der Waals surface area contributed by atoms with Crippen molar-refractivity contribution in [2.24, 2.45) is 0 Å². The molecule has 0 spiro atoms. The first-order chi connectivity index (χ1) is 10.2. The van der Waals surface area contributed by atoms with Gasteiger partial charge >= 0.3 is 5.97 Å². The van der Waals surface area contributed by atoms with Gasteiger partial charge in [-0.25, -0.2) is 4.79 Å². The molecule has 0 unspecified atom stereocenters. The van der Waals surface area contributed by atoms with E-state index in [1.165, 1.54) is 0 Å². The largest absolute Gasteiger partial charge is 1.00 e. The van der Waals surface area contributed by atoms with Crippen LogP contribution in [0.1, 0.15) is 10.6 Å². The van der Waals surface area contributed by atoms with Crippen LogP contribution in [-0.4, -0.2) is 11.1 Å². The summed E-state index contributed by atoms with van der Waals surface area (Å²) in [5, 5.41) is 10.0. The predicted molar refractivity (Wildman–Crippen MR) is 85.0 cm³/mol.